The highest BCUT2D eigenvalue weighted by atomic mass is 16.2. The van der Waals surface area contributed by atoms with Crippen LogP contribution in [0.1, 0.15) is 25.3 Å². The second-order valence-corrected chi connectivity index (χ2v) is 6.10. The summed E-state index contributed by atoms with van der Waals surface area (Å²) in [5.41, 5.74) is -0.684. The van der Waals surface area contributed by atoms with Gasteiger partial charge < -0.3 is 15.2 Å². The van der Waals surface area contributed by atoms with E-state index in [1.54, 1.807) is 0 Å². The van der Waals surface area contributed by atoms with Gasteiger partial charge in [0.2, 0.25) is 5.91 Å². The number of hydrogen-bond donors (Lipinski definition) is 3. The molecule has 0 aromatic carbocycles. The molecule has 23 heavy (non-hydrogen) atoms. The van der Waals surface area contributed by atoms with E-state index in [1.807, 2.05) is 0 Å². The first-order chi connectivity index (χ1) is 11.0. The Bertz CT molecular complexity index is 630. The number of rotatable bonds is 6. The first-order valence-electron chi connectivity index (χ1n) is 7.96. The molecule has 2 rings (SSSR count). The lowest BCUT2D eigenvalue weighted by atomic mass is 10.1. The fraction of sp³-hybridized carbons (Fsp3) is 0.667. The standard InChI is InChI=1S/C15H25N5O3/c1-11(20-7-5-19(2)6-8-20)3-4-13(21)16-9-12-10-17-15(23)18-14(12)22/h10-11H,3-9H2,1-2H3,(H,16,21)(H2,17,18,22,23)/t11-/m0/s1. The normalized spacial score (nSPS) is 17.8. The van der Waals surface area contributed by atoms with Crippen molar-refractivity contribution in [3.05, 3.63) is 32.6 Å². The van der Waals surface area contributed by atoms with Crippen molar-refractivity contribution in [1.29, 1.82) is 0 Å². The van der Waals surface area contributed by atoms with E-state index in [-0.39, 0.29) is 12.5 Å². The van der Waals surface area contributed by atoms with E-state index >= 15 is 0 Å². The number of nitrogens with one attached hydrogen (secondary N) is 3. The summed E-state index contributed by atoms with van der Waals surface area (Å²) in [6, 6.07) is 0.367. The van der Waals surface area contributed by atoms with Crippen molar-refractivity contribution < 1.29 is 4.79 Å². The van der Waals surface area contributed by atoms with Crippen LogP contribution in [0, 0.1) is 0 Å². The lowest BCUT2D eigenvalue weighted by molar-refractivity contribution is -0.121. The predicted molar refractivity (Wildman–Crippen MR) is 87.3 cm³/mol. The second-order valence-electron chi connectivity index (χ2n) is 6.10. The van der Waals surface area contributed by atoms with Crippen LogP contribution in [0.3, 0.4) is 0 Å². The molecule has 0 unspecified atom stereocenters. The van der Waals surface area contributed by atoms with E-state index < -0.39 is 11.2 Å². The first-order valence-corrected chi connectivity index (χ1v) is 7.96. The molecule has 0 spiro atoms. The SMILES string of the molecule is C[C@@H](CCC(=O)NCc1c[nH]c(=O)[nH]c1=O)N1CCN(C)CC1. The molecule has 1 aliphatic rings. The number of piperazine rings is 1. The Morgan fingerprint density at radius 3 is 2.65 bits per heavy atom. The lowest BCUT2D eigenvalue weighted by Crippen LogP contribution is -2.48. The maximum absolute atomic E-state index is 11.9. The van der Waals surface area contributed by atoms with Crippen molar-refractivity contribution in [2.45, 2.75) is 32.4 Å². The number of carbonyl (C=O) groups excluding carboxylic acids is 1. The molecule has 0 aliphatic carbocycles. The van der Waals surface area contributed by atoms with Crippen LogP contribution < -0.4 is 16.6 Å². The molecule has 1 saturated heterocycles. The minimum atomic E-state index is -0.550. The molecule has 0 bridgehead atoms. The van der Waals surface area contributed by atoms with Gasteiger partial charge in [-0.15, -0.1) is 0 Å². The summed E-state index contributed by atoms with van der Waals surface area (Å²) in [5, 5.41) is 2.72. The smallest absolute Gasteiger partial charge is 0.325 e. The molecule has 0 saturated carbocycles. The van der Waals surface area contributed by atoms with E-state index in [9.17, 15) is 14.4 Å². The summed E-state index contributed by atoms with van der Waals surface area (Å²) >= 11 is 0. The van der Waals surface area contributed by atoms with Gasteiger partial charge in [0, 0.05) is 51.4 Å². The number of aromatic amines is 2. The number of amides is 1. The summed E-state index contributed by atoms with van der Waals surface area (Å²) in [4.78, 5) is 43.6. The molecule has 128 valence electrons. The van der Waals surface area contributed by atoms with Gasteiger partial charge in [0.25, 0.3) is 5.56 Å². The van der Waals surface area contributed by atoms with Gasteiger partial charge >= 0.3 is 5.69 Å². The monoisotopic (exact) mass is 323 g/mol. The number of carbonyl (C=O) groups is 1. The molecule has 1 atom stereocenters. The van der Waals surface area contributed by atoms with Gasteiger partial charge in [0.15, 0.2) is 0 Å². The zero-order valence-corrected chi connectivity index (χ0v) is 13.7. The van der Waals surface area contributed by atoms with Crippen LogP contribution in [0.4, 0.5) is 0 Å². The summed E-state index contributed by atoms with van der Waals surface area (Å²) in [6.07, 6.45) is 2.54. The molecule has 8 nitrogen and oxygen atoms in total. The van der Waals surface area contributed by atoms with Gasteiger partial charge in [-0.05, 0) is 20.4 Å². The molecule has 8 heteroatoms. The summed E-state index contributed by atoms with van der Waals surface area (Å²) in [6.45, 7) is 6.45. The van der Waals surface area contributed by atoms with E-state index in [0.29, 0.717) is 18.0 Å². The quantitative estimate of drug-likeness (QED) is 0.629. The minimum Gasteiger partial charge on any atom is -0.352 e. The fourth-order valence-electron chi connectivity index (χ4n) is 2.64. The Kier molecular flexibility index (Phi) is 6.12. The molecular weight excluding hydrogens is 298 g/mol. The number of aromatic nitrogens is 2. The topological polar surface area (TPSA) is 101 Å². The Labute approximate surface area is 134 Å². The van der Waals surface area contributed by atoms with Gasteiger partial charge in [-0.1, -0.05) is 0 Å². The van der Waals surface area contributed by atoms with Crippen molar-refractivity contribution in [3.8, 4) is 0 Å². The predicted octanol–water partition coefficient (Wildman–Crippen LogP) is -0.904. The Morgan fingerprint density at radius 1 is 1.30 bits per heavy atom. The zero-order chi connectivity index (χ0) is 16.8. The maximum atomic E-state index is 11.9. The summed E-state index contributed by atoms with van der Waals surface area (Å²) in [7, 11) is 2.12. The Morgan fingerprint density at radius 2 is 2.00 bits per heavy atom. The van der Waals surface area contributed by atoms with Crippen molar-refractivity contribution in [1.82, 2.24) is 25.1 Å². The number of H-pyrrole nitrogens is 2. The van der Waals surface area contributed by atoms with E-state index in [2.05, 4.69) is 39.1 Å². The van der Waals surface area contributed by atoms with Crippen LogP contribution in [-0.2, 0) is 11.3 Å². The number of likely N-dealkylation sites (N-methyl/N-ethyl adjacent to an activating group) is 1. The van der Waals surface area contributed by atoms with Crippen molar-refractivity contribution in [2.24, 2.45) is 0 Å². The lowest BCUT2D eigenvalue weighted by Gasteiger charge is -2.36. The third-order valence-corrected chi connectivity index (χ3v) is 4.32. The van der Waals surface area contributed by atoms with Crippen LogP contribution in [0.5, 0.6) is 0 Å². The van der Waals surface area contributed by atoms with E-state index in [0.717, 1.165) is 32.6 Å². The van der Waals surface area contributed by atoms with Crippen LogP contribution in [0.2, 0.25) is 0 Å². The number of nitrogens with zero attached hydrogens (tertiary/aromatic N) is 2. The van der Waals surface area contributed by atoms with Crippen molar-refractivity contribution >= 4 is 5.91 Å². The van der Waals surface area contributed by atoms with Crippen LogP contribution >= 0.6 is 0 Å². The number of hydrogen-bond acceptors (Lipinski definition) is 5. The van der Waals surface area contributed by atoms with Gasteiger partial charge in [-0.3, -0.25) is 19.5 Å². The molecule has 0 radical (unpaired) electrons. The molecular formula is C15H25N5O3. The first kappa shape index (κ1) is 17.4. The highest BCUT2D eigenvalue weighted by Crippen LogP contribution is 2.09. The summed E-state index contributed by atoms with van der Waals surface area (Å²) in [5.74, 6) is -0.0865. The fourth-order valence-corrected chi connectivity index (χ4v) is 2.64. The molecule has 2 heterocycles. The highest BCUT2D eigenvalue weighted by molar-refractivity contribution is 5.75. The molecule has 1 aromatic heterocycles. The largest absolute Gasteiger partial charge is 0.352 e. The Balaban J connectivity index is 1.72. The zero-order valence-electron chi connectivity index (χ0n) is 13.7. The minimum absolute atomic E-state index is 0.0865. The van der Waals surface area contributed by atoms with Crippen molar-refractivity contribution in [3.63, 3.8) is 0 Å². The Hall–Kier alpha value is -1.93. The molecule has 3 N–H and O–H groups in total. The second kappa shape index (κ2) is 8.07. The highest BCUT2D eigenvalue weighted by Gasteiger charge is 2.19. The third kappa shape index (κ3) is 5.33. The van der Waals surface area contributed by atoms with E-state index in [4.69, 9.17) is 0 Å². The molecule has 1 aromatic rings. The molecule has 1 aliphatic heterocycles. The van der Waals surface area contributed by atoms with Gasteiger partial charge in [-0.2, -0.15) is 0 Å². The van der Waals surface area contributed by atoms with Crippen LogP contribution in [-0.4, -0.2) is 64.9 Å². The van der Waals surface area contributed by atoms with Crippen molar-refractivity contribution in [2.75, 3.05) is 33.2 Å². The average Bonchev–Trinajstić information content (AvgIpc) is 2.52. The van der Waals surface area contributed by atoms with Crippen LogP contribution in [0.15, 0.2) is 15.8 Å². The van der Waals surface area contributed by atoms with Crippen LogP contribution in [0.25, 0.3) is 0 Å². The van der Waals surface area contributed by atoms with Gasteiger partial charge in [0.05, 0.1) is 5.56 Å². The summed E-state index contributed by atoms with van der Waals surface area (Å²) < 4.78 is 0. The molecule has 1 fully saturated rings. The molecule has 1 amide bonds. The third-order valence-electron chi connectivity index (χ3n) is 4.32. The average molecular weight is 323 g/mol. The van der Waals surface area contributed by atoms with E-state index in [1.165, 1.54) is 6.20 Å². The maximum Gasteiger partial charge on any atom is 0.325 e. The van der Waals surface area contributed by atoms with Gasteiger partial charge in [-0.25, -0.2) is 4.79 Å². The van der Waals surface area contributed by atoms with Gasteiger partial charge in [0.1, 0.15) is 0 Å².